The van der Waals surface area contributed by atoms with Crippen LogP contribution in [0.25, 0.3) is 16.7 Å². The standard InChI is InChI=1S/C31H41N5O3/c1-23(18-24-10-4-2-5-11-24)28(37)34-17-16-31(39,30(20-34)14-8-9-15-30)21-35-22-32-27-26(29(35)38)19-33-36(27)25-12-6-3-7-13-25/h3,6-7,12-13,19,22-24,39H,2,4-5,8-11,14-18,20-21H2,1H3. The van der Waals surface area contributed by atoms with Crippen LogP contribution in [0.2, 0.25) is 0 Å². The highest BCUT2D eigenvalue weighted by molar-refractivity contribution is 5.79. The predicted octanol–water partition coefficient (Wildman–Crippen LogP) is 4.71. The Balaban J connectivity index is 1.22. The molecule has 3 aromatic rings. The third kappa shape index (κ3) is 4.81. The van der Waals surface area contributed by atoms with Crippen molar-refractivity contribution in [2.75, 3.05) is 13.1 Å². The number of carbonyl (C=O) groups excluding carboxylic acids is 1. The molecule has 2 unspecified atom stereocenters. The molecular formula is C31H41N5O3. The fourth-order valence-corrected chi connectivity index (χ4v) is 7.72. The summed E-state index contributed by atoms with van der Waals surface area (Å²) in [6.45, 7) is 3.39. The van der Waals surface area contributed by atoms with Crippen molar-refractivity contribution < 1.29 is 9.90 Å². The number of carbonyl (C=O) groups is 1. The van der Waals surface area contributed by atoms with Crippen LogP contribution in [0.4, 0.5) is 0 Å². The van der Waals surface area contributed by atoms with Crippen LogP contribution < -0.4 is 5.56 Å². The number of likely N-dealkylation sites (tertiary alicyclic amines) is 1. The molecule has 1 amide bonds. The molecule has 208 valence electrons. The summed E-state index contributed by atoms with van der Waals surface area (Å²) < 4.78 is 3.23. The van der Waals surface area contributed by atoms with E-state index in [-0.39, 0.29) is 23.9 Å². The first kappa shape index (κ1) is 26.2. The van der Waals surface area contributed by atoms with E-state index in [1.807, 2.05) is 35.2 Å². The summed E-state index contributed by atoms with van der Waals surface area (Å²) in [6, 6.07) is 9.64. The quantitative estimate of drug-likeness (QED) is 0.497. The van der Waals surface area contributed by atoms with Gasteiger partial charge in [-0.1, -0.05) is 70.1 Å². The lowest BCUT2D eigenvalue weighted by Crippen LogP contribution is -2.62. The largest absolute Gasteiger partial charge is 0.387 e. The Bertz CT molecular complexity index is 1370. The van der Waals surface area contributed by atoms with Gasteiger partial charge in [0.25, 0.3) is 5.56 Å². The lowest BCUT2D eigenvalue weighted by Gasteiger charge is -2.52. The van der Waals surface area contributed by atoms with Crippen LogP contribution in [0.1, 0.15) is 77.6 Å². The number of piperidine rings is 1. The first-order valence-corrected chi connectivity index (χ1v) is 14.9. The minimum absolute atomic E-state index is 0.0214. The zero-order valence-corrected chi connectivity index (χ0v) is 23.1. The van der Waals surface area contributed by atoms with E-state index < -0.39 is 11.0 Å². The molecule has 3 heterocycles. The predicted molar refractivity (Wildman–Crippen MR) is 151 cm³/mol. The fraction of sp³-hybridized carbons (Fsp3) is 0.613. The number of aromatic nitrogens is 4. The molecule has 2 saturated carbocycles. The molecule has 3 fully saturated rings. The highest BCUT2D eigenvalue weighted by atomic mass is 16.3. The molecule has 39 heavy (non-hydrogen) atoms. The minimum atomic E-state index is -1.07. The zero-order valence-electron chi connectivity index (χ0n) is 23.1. The van der Waals surface area contributed by atoms with Gasteiger partial charge < -0.3 is 10.0 Å². The lowest BCUT2D eigenvalue weighted by molar-refractivity contribution is -0.163. The van der Waals surface area contributed by atoms with E-state index >= 15 is 0 Å². The molecular weight excluding hydrogens is 490 g/mol. The van der Waals surface area contributed by atoms with Gasteiger partial charge in [-0.3, -0.25) is 14.2 Å². The van der Waals surface area contributed by atoms with Crippen LogP contribution in [-0.2, 0) is 11.3 Å². The van der Waals surface area contributed by atoms with Crippen LogP contribution in [0.3, 0.4) is 0 Å². The molecule has 1 spiro atoms. The van der Waals surface area contributed by atoms with Crippen LogP contribution >= 0.6 is 0 Å². The maximum atomic E-state index is 13.6. The van der Waals surface area contributed by atoms with Crippen LogP contribution in [0.15, 0.2) is 47.7 Å². The molecule has 6 rings (SSSR count). The molecule has 2 aliphatic carbocycles. The van der Waals surface area contributed by atoms with Crippen LogP contribution in [-0.4, -0.2) is 53.9 Å². The Morgan fingerprint density at radius 1 is 1.08 bits per heavy atom. The molecule has 0 radical (unpaired) electrons. The first-order chi connectivity index (χ1) is 18.9. The second-order valence-electron chi connectivity index (χ2n) is 12.5. The van der Waals surface area contributed by atoms with Gasteiger partial charge in [0.05, 0.1) is 24.0 Å². The van der Waals surface area contributed by atoms with E-state index in [0.29, 0.717) is 36.5 Å². The summed E-state index contributed by atoms with van der Waals surface area (Å²) in [5.41, 5.74) is -0.300. The summed E-state index contributed by atoms with van der Waals surface area (Å²) in [5.74, 6) is 0.927. The molecule has 0 bridgehead atoms. The third-order valence-electron chi connectivity index (χ3n) is 9.97. The first-order valence-electron chi connectivity index (χ1n) is 14.9. The van der Waals surface area contributed by atoms with Crippen molar-refractivity contribution in [1.29, 1.82) is 0 Å². The molecule has 8 nitrogen and oxygen atoms in total. The average Bonchev–Trinajstić information content (AvgIpc) is 3.61. The molecule has 1 N–H and O–H groups in total. The van der Waals surface area contributed by atoms with Crippen molar-refractivity contribution in [2.24, 2.45) is 17.3 Å². The molecule has 3 aliphatic rings. The summed E-state index contributed by atoms with van der Waals surface area (Å²) in [7, 11) is 0. The molecule has 2 aromatic heterocycles. The summed E-state index contributed by atoms with van der Waals surface area (Å²) in [4.78, 5) is 33.7. The Hall–Kier alpha value is -3.00. The lowest BCUT2D eigenvalue weighted by atomic mass is 9.65. The number of amides is 1. The van der Waals surface area contributed by atoms with Crippen LogP contribution in [0.5, 0.6) is 0 Å². The van der Waals surface area contributed by atoms with Crippen molar-refractivity contribution in [3.8, 4) is 5.69 Å². The Morgan fingerprint density at radius 3 is 2.56 bits per heavy atom. The number of benzene rings is 1. The van der Waals surface area contributed by atoms with Crippen LogP contribution in [0, 0.1) is 17.3 Å². The highest BCUT2D eigenvalue weighted by Crippen LogP contribution is 2.51. The monoisotopic (exact) mass is 531 g/mol. The van der Waals surface area contributed by atoms with Crippen molar-refractivity contribution >= 4 is 16.9 Å². The van der Waals surface area contributed by atoms with Gasteiger partial charge in [0.1, 0.15) is 11.7 Å². The molecule has 8 heteroatoms. The third-order valence-corrected chi connectivity index (χ3v) is 9.97. The maximum absolute atomic E-state index is 13.6. The van der Waals surface area contributed by atoms with Crippen molar-refractivity contribution in [2.45, 2.75) is 89.7 Å². The number of para-hydroxylation sites is 1. The number of fused-ring (bicyclic) bond motifs is 1. The maximum Gasteiger partial charge on any atom is 0.264 e. The van der Waals surface area contributed by atoms with Gasteiger partial charge in [-0.15, -0.1) is 0 Å². The second-order valence-corrected chi connectivity index (χ2v) is 12.5. The van der Waals surface area contributed by atoms with E-state index in [2.05, 4.69) is 17.0 Å². The van der Waals surface area contributed by atoms with Gasteiger partial charge in [-0.25, -0.2) is 9.67 Å². The number of hydrogen-bond acceptors (Lipinski definition) is 5. The van der Waals surface area contributed by atoms with Gasteiger partial charge in [0.2, 0.25) is 5.91 Å². The average molecular weight is 532 g/mol. The Morgan fingerprint density at radius 2 is 1.82 bits per heavy atom. The number of nitrogens with zero attached hydrogens (tertiary/aromatic N) is 5. The smallest absolute Gasteiger partial charge is 0.264 e. The topological polar surface area (TPSA) is 93.2 Å². The number of aliphatic hydroxyl groups is 1. The Kier molecular flexibility index (Phi) is 7.08. The van der Waals surface area contributed by atoms with Gasteiger partial charge in [0.15, 0.2) is 5.65 Å². The van der Waals surface area contributed by atoms with Crippen molar-refractivity contribution in [3.05, 3.63) is 53.2 Å². The molecule has 1 aliphatic heterocycles. The van der Waals surface area contributed by atoms with Gasteiger partial charge in [0, 0.05) is 24.4 Å². The molecule has 2 atom stereocenters. The summed E-state index contributed by atoms with van der Waals surface area (Å²) in [5, 5.41) is 17.1. The zero-order chi connectivity index (χ0) is 27.0. The number of hydrogen-bond donors (Lipinski definition) is 1. The van der Waals surface area contributed by atoms with Gasteiger partial charge in [-0.05, 0) is 43.7 Å². The minimum Gasteiger partial charge on any atom is -0.387 e. The molecule has 1 saturated heterocycles. The summed E-state index contributed by atoms with van der Waals surface area (Å²) in [6.07, 6.45) is 14.8. The normalized spacial score (nSPS) is 24.4. The van der Waals surface area contributed by atoms with E-state index in [1.165, 1.54) is 32.1 Å². The highest BCUT2D eigenvalue weighted by Gasteiger charge is 2.55. The SMILES string of the molecule is CC(CC1CCCCC1)C(=O)N1CCC(O)(Cn2cnc3c(cnn3-c3ccccc3)c2=O)C2(CCCC2)C1. The Labute approximate surface area is 230 Å². The van der Waals surface area contributed by atoms with E-state index in [0.717, 1.165) is 37.8 Å². The van der Waals surface area contributed by atoms with Gasteiger partial charge in [-0.2, -0.15) is 5.10 Å². The van der Waals surface area contributed by atoms with Crippen molar-refractivity contribution in [1.82, 2.24) is 24.2 Å². The fourth-order valence-electron chi connectivity index (χ4n) is 7.72. The van der Waals surface area contributed by atoms with E-state index in [1.54, 1.807) is 21.8 Å². The second kappa shape index (κ2) is 10.5. The number of rotatable bonds is 6. The van der Waals surface area contributed by atoms with E-state index in [4.69, 9.17) is 0 Å². The van der Waals surface area contributed by atoms with E-state index in [9.17, 15) is 14.7 Å². The van der Waals surface area contributed by atoms with Crippen molar-refractivity contribution in [3.63, 3.8) is 0 Å². The van der Waals surface area contributed by atoms with Gasteiger partial charge >= 0.3 is 0 Å². The summed E-state index contributed by atoms with van der Waals surface area (Å²) >= 11 is 0. The molecule has 1 aromatic carbocycles.